The van der Waals surface area contributed by atoms with Gasteiger partial charge in [0.25, 0.3) is 0 Å². The molecule has 6 heteroatoms. The average molecular weight is 265 g/mol. The molecule has 2 rings (SSSR count). The van der Waals surface area contributed by atoms with Crippen LogP contribution in [0.25, 0.3) is 10.2 Å². The van der Waals surface area contributed by atoms with E-state index in [1.807, 2.05) is 18.2 Å². The topological polar surface area (TPSA) is 70.1 Å². The number of carboxylic acids is 1. The summed E-state index contributed by atoms with van der Waals surface area (Å²) in [7, 11) is 0. The van der Waals surface area contributed by atoms with E-state index in [4.69, 9.17) is 0 Å². The Labute approximate surface area is 107 Å². The van der Waals surface area contributed by atoms with Crippen LogP contribution in [0, 0.1) is 0 Å². The summed E-state index contributed by atoms with van der Waals surface area (Å²) in [6.07, 6.45) is -0.252. The summed E-state index contributed by atoms with van der Waals surface area (Å²) in [6.45, 7) is 0. The predicted octanol–water partition coefficient (Wildman–Crippen LogP) is 0.593. The highest BCUT2D eigenvalue weighted by Gasteiger charge is 2.17. The number of para-hydroxylation sites is 1. The first-order valence-corrected chi connectivity index (χ1v) is 6.06. The normalized spacial score (nSPS) is 12.5. The van der Waals surface area contributed by atoms with Gasteiger partial charge in [-0.15, -0.1) is 11.3 Å². The number of rotatable bonds is 4. The number of hydrogen-bond donors (Lipinski definition) is 0. The molecule has 0 spiro atoms. The first kappa shape index (κ1) is 11.9. The zero-order chi connectivity index (χ0) is 12.4. The minimum Gasteiger partial charge on any atom is -0.742 e. The molecule has 88 valence electrons. The number of carbonyl (C=O) groups is 2. The van der Waals surface area contributed by atoms with E-state index < -0.39 is 17.0 Å². The predicted molar refractivity (Wildman–Crippen MR) is 64.4 cm³/mol. The fraction of sp³-hybridized carbons (Fsp3) is 0.182. The SMILES string of the molecule is O=C([S-])CC(C(=O)[O-])c1nc2ccccc2s1. The van der Waals surface area contributed by atoms with Crippen LogP contribution < -0.4 is 5.11 Å². The Bertz CT molecular complexity index is 546. The van der Waals surface area contributed by atoms with Crippen molar-refractivity contribution >= 4 is 45.3 Å². The Morgan fingerprint density at radius 3 is 2.71 bits per heavy atom. The van der Waals surface area contributed by atoms with Gasteiger partial charge in [0.1, 0.15) is 5.01 Å². The maximum atomic E-state index is 11.0. The Kier molecular flexibility index (Phi) is 3.35. The molecule has 0 aliphatic rings. The second-order valence-corrected chi connectivity index (χ2v) is 4.99. The van der Waals surface area contributed by atoms with Gasteiger partial charge in [0.05, 0.1) is 22.1 Å². The van der Waals surface area contributed by atoms with E-state index in [1.165, 1.54) is 11.3 Å². The molecule has 0 fully saturated rings. The fourth-order valence-corrected chi connectivity index (χ4v) is 2.70. The Morgan fingerprint density at radius 1 is 1.41 bits per heavy atom. The Morgan fingerprint density at radius 2 is 2.12 bits per heavy atom. The number of nitrogens with zero attached hydrogens (tertiary/aromatic N) is 1. The number of aromatic nitrogens is 1. The van der Waals surface area contributed by atoms with E-state index in [-0.39, 0.29) is 6.42 Å². The van der Waals surface area contributed by atoms with Crippen molar-refractivity contribution < 1.29 is 14.7 Å². The zero-order valence-electron chi connectivity index (χ0n) is 8.58. The maximum Gasteiger partial charge on any atom is 0.103 e. The molecule has 0 amide bonds. The van der Waals surface area contributed by atoms with Crippen molar-refractivity contribution in [2.75, 3.05) is 0 Å². The Balaban J connectivity index is 2.41. The molecule has 1 aromatic heterocycles. The van der Waals surface area contributed by atoms with Crippen molar-refractivity contribution in [2.24, 2.45) is 0 Å². The Hall–Kier alpha value is -1.53. The van der Waals surface area contributed by atoms with Crippen LogP contribution in [0.5, 0.6) is 0 Å². The smallest absolute Gasteiger partial charge is 0.103 e. The molecule has 0 saturated carbocycles. The molecule has 0 radical (unpaired) electrons. The average Bonchev–Trinajstić information content (AvgIpc) is 2.68. The van der Waals surface area contributed by atoms with Gasteiger partial charge in [-0.25, -0.2) is 4.98 Å². The number of thiazole rings is 1. The number of benzene rings is 1. The zero-order valence-corrected chi connectivity index (χ0v) is 10.2. The third kappa shape index (κ3) is 2.59. The first-order chi connectivity index (χ1) is 8.08. The van der Waals surface area contributed by atoms with Crippen LogP contribution in [0.15, 0.2) is 24.3 Å². The number of fused-ring (bicyclic) bond motifs is 1. The van der Waals surface area contributed by atoms with Gasteiger partial charge >= 0.3 is 0 Å². The molecule has 0 N–H and O–H groups in total. The number of aliphatic carboxylic acids is 1. The van der Waals surface area contributed by atoms with Gasteiger partial charge in [-0.1, -0.05) is 12.1 Å². The van der Waals surface area contributed by atoms with Crippen LogP contribution in [0.2, 0.25) is 0 Å². The third-order valence-electron chi connectivity index (χ3n) is 2.26. The summed E-state index contributed by atoms with van der Waals surface area (Å²) in [5.74, 6) is -2.36. The molecule has 1 heterocycles. The van der Waals surface area contributed by atoms with Gasteiger partial charge in [-0.2, -0.15) is 0 Å². The second kappa shape index (κ2) is 4.77. The lowest BCUT2D eigenvalue weighted by Gasteiger charge is -2.16. The molecule has 0 saturated heterocycles. The lowest BCUT2D eigenvalue weighted by atomic mass is 10.1. The lowest BCUT2D eigenvalue weighted by Crippen LogP contribution is -2.30. The van der Waals surface area contributed by atoms with Crippen LogP contribution in [0.1, 0.15) is 17.3 Å². The summed E-state index contributed by atoms with van der Waals surface area (Å²) < 4.78 is 0.880. The van der Waals surface area contributed by atoms with Crippen LogP contribution in [0.4, 0.5) is 0 Å². The molecular weight excluding hydrogens is 258 g/mol. The van der Waals surface area contributed by atoms with Gasteiger partial charge in [0, 0.05) is 5.12 Å². The molecule has 0 bridgehead atoms. The van der Waals surface area contributed by atoms with E-state index in [9.17, 15) is 14.7 Å². The number of hydrogen-bond acceptors (Lipinski definition) is 6. The quantitative estimate of drug-likeness (QED) is 0.757. The van der Waals surface area contributed by atoms with Crippen LogP contribution >= 0.6 is 11.3 Å². The van der Waals surface area contributed by atoms with Gasteiger partial charge in [-0.3, -0.25) is 0 Å². The van der Waals surface area contributed by atoms with Crippen LogP contribution in [-0.4, -0.2) is 16.1 Å². The molecular formula is C11H7NO3S2-2. The number of carbonyl (C=O) groups excluding carboxylic acids is 2. The van der Waals surface area contributed by atoms with Gasteiger partial charge < -0.3 is 27.3 Å². The lowest BCUT2D eigenvalue weighted by molar-refractivity contribution is -0.308. The molecule has 4 nitrogen and oxygen atoms in total. The minimum atomic E-state index is -1.32. The van der Waals surface area contributed by atoms with E-state index >= 15 is 0 Å². The second-order valence-electron chi connectivity index (χ2n) is 3.47. The highest BCUT2D eigenvalue weighted by atomic mass is 32.1. The first-order valence-electron chi connectivity index (χ1n) is 4.84. The molecule has 0 aliphatic heterocycles. The highest BCUT2D eigenvalue weighted by Crippen LogP contribution is 2.29. The summed E-state index contributed by atoms with van der Waals surface area (Å²) in [6, 6.07) is 7.30. The minimum absolute atomic E-state index is 0.252. The van der Waals surface area contributed by atoms with E-state index in [1.54, 1.807) is 6.07 Å². The highest BCUT2D eigenvalue weighted by molar-refractivity contribution is 7.77. The van der Waals surface area contributed by atoms with Crippen molar-refractivity contribution in [3.05, 3.63) is 29.3 Å². The molecule has 1 aromatic carbocycles. The van der Waals surface area contributed by atoms with Crippen molar-refractivity contribution in [3.8, 4) is 0 Å². The molecule has 0 aliphatic carbocycles. The third-order valence-corrected chi connectivity index (χ3v) is 3.58. The number of carboxylic acid groups (broad SMARTS) is 1. The van der Waals surface area contributed by atoms with Crippen LogP contribution in [-0.2, 0) is 22.2 Å². The summed E-state index contributed by atoms with van der Waals surface area (Å²) in [4.78, 5) is 26.0. The molecule has 1 unspecified atom stereocenters. The molecule has 2 aromatic rings. The largest absolute Gasteiger partial charge is 0.742 e. The van der Waals surface area contributed by atoms with E-state index in [2.05, 4.69) is 17.6 Å². The van der Waals surface area contributed by atoms with Crippen molar-refractivity contribution in [1.29, 1.82) is 0 Å². The monoisotopic (exact) mass is 265 g/mol. The van der Waals surface area contributed by atoms with Gasteiger partial charge in [-0.05, 0) is 18.6 Å². The standard InChI is InChI=1S/C11H9NO3S2/c13-9(16)5-6(11(14)15)10-12-7-3-1-2-4-8(7)17-10/h1-4,6H,5H2,(H,13,16)(H,14,15)/p-2. The summed E-state index contributed by atoms with van der Waals surface area (Å²) in [5.41, 5.74) is 0.718. The maximum absolute atomic E-state index is 11.0. The van der Waals surface area contributed by atoms with Crippen molar-refractivity contribution in [3.63, 3.8) is 0 Å². The van der Waals surface area contributed by atoms with Crippen LogP contribution in [0.3, 0.4) is 0 Å². The van der Waals surface area contributed by atoms with E-state index in [0.29, 0.717) is 5.01 Å². The van der Waals surface area contributed by atoms with Gasteiger partial charge in [0.15, 0.2) is 0 Å². The summed E-state index contributed by atoms with van der Waals surface area (Å²) >= 11 is 5.65. The van der Waals surface area contributed by atoms with Crippen molar-refractivity contribution in [2.45, 2.75) is 12.3 Å². The molecule has 17 heavy (non-hydrogen) atoms. The van der Waals surface area contributed by atoms with Crippen molar-refractivity contribution in [1.82, 2.24) is 4.98 Å². The fourth-order valence-electron chi connectivity index (χ4n) is 1.48. The van der Waals surface area contributed by atoms with E-state index in [0.717, 1.165) is 10.2 Å². The molecule has 1 atom stereocenters. The summed E-state index contributed by atoms with van der Waals surface area (Å²) in [5, 5.41) is 10.7. The van der Waals surface area contributed by atoms with Gasteiger partial charge in [0.2, 0.25) is 0 Å².